The number of carbonyl (C=O) groups is 1. The number of halogens is 1. The van der Waals surface area contributed by atoms with Crippen molar-refractivity contribution >= 4 is 44.1 Å². The highest BCUT2D eigenvalue weighted by molar-refractivity contribution is 7.91. The maximum Gasteiger partial charge on any atom is 0.292 e. The fourth-order valence-corrected chi connectivity index (χ4v) is 5.36. The van der Waals surface area contributed by atoms with Gasteiger partial charge in [-0.25, -0.2) is 13.1 Å². The van der Waals surface area contributed by atoms with Gasteiger partial charge in [0.25, 0.3) is 5.91 Å². The maximum absolute atomic E-state index is 12.8. The zero-order chi connectivity index (χ0) is 19.3. The Kier molecular flexibility index (Phi) is 4.27. The van der Waals surface area contributed by atoms with E-state index in [1.807, 2.05) is 6.07 Å². The van der Waals surface area contributed by atoms with Crippen molar-refractivity contribution in [3.8, 4) is 0 Å². The summed E-state index contributed by atoms with van der Waals surface area (Å²) in [5.41, 5.74) is 1.85. The number of nitrogens with zero attached hydrogens (tertiary/aromatic N) is 2. The summed E-state index contributed by atoms with van der Waals surface area (Å²) in [6.45, 7) is 3.59. The highest BCUT2D eigenvalue weighted by Gasteiger charge is 2.31. The molecule has 1 amide bonds. The van der Waals surface area contributed by atoms with Gasteiger partial charge in [-0.15, -0.1) is 0 Å². The number of nitrogens with one attached hydrogen (secondary N) is 1. The summed E-state index contributed by atoms with van der Waals surface area (Å²) < 4.78 is 30.9. The molecule has 3 heterocycles. The lowest BCUT2D eigenvalue weighted by molar-refractivity contribution is 0.0996. The Morgan fingerprint density at radius 1 is 1.37 bits per heavy atom. The summed E-state index contributed by atoms with van der Waals surface area (Å²) in [6.07, 6.45) is 0.478. The predicted molar refractivity (Wildman–Crippen MR) is 103 cm³/mol. The van der Waals surface area contributed by atoms with Crippen LogP contribution in [0.1, 0.15) is 34.3 Å². The van der Waals surface area contributed by atoms with Crippen LogP contribution < -0.4 is 5.32 Å². The number of hydrogen-bond donors (Lipinski definition) is 1. The van der Waals surface area contributed by atoms with Gasteiger partial charge < -0.3 is 9.73 Å². The molecule has 1 aliphatic heterocycles. The second-order valence-corrected chi connectivity index (χ2v) is 9.44. The molecule has 0 spiro atoms. The van der Waals surface area contributed by atoms with Crippen LogP contribution in [0.25, 0.3) is 11.0 Å². The van der Waals surface area contributed by atoms with Crippen LogP contribution >= 0.6 is 11.6 Å². The molecule has 3 aromatic rings. The lowest BCUT2D eigenvalue weighted by Gasteiger charge is -2.13. The molecule has 2 aromatic heterocycles. The van der Waals surface area contributed by atoms with Gasteiger partial charge in [0.2, 0.25) is 0 Å². The first-order valence-electron chi connectivity index (χ1n) is 8.51. The molecule has 1 fully saturated rings. The number of rotatable bonds is 3. The maximum atomic E-state index is 12.8. The van der Waals surface area contributed by atoms with Gasteiger partial charge in [-0.05, 0) is 26.3 Å². The molecule has 0 aliphatic carbocycles. The standard InChI is InChI=1S/C18H18ClN3O4S/c1-10-8-15(22(21-10)12-6-7-27(24,25)9-12)20-18(23)16-11(2)13-4-3-5-14(19)17(13)26-16/h3-5,8,12H,6-7,9H2,1-2H3,(H,20,23). The molecule has 1 saturated heterocycles. The highest BCUT2D eigenvalue weighted by atomic mass is 35.5. The SMILES string of the molecule is Cc1cc(NC(=O)c2oc3c(Cl)cccc3c2C)n(C2CCS(=O)(=O)C2)n1. The molecule has 1 atom stereocenters. The Morgan fingerprint density at radius 2 is 2.15 bits per heavy atom. The van der Waals surface area contributed by atoms with E-state index < -0.39 is 15.7 Å². The van der Waals surface area contributed by atoms with Gasteiger partial charge in [0, 0.05) is 17.0 Å². The lowest BCUT2D eigenvalue weighted by Crippen LogP contribution is -2.19. The summed E-state index contributed by atoms with van der Waals surface area (Å²) in [6, 6.07) is 6.77. The molecule has 0 bridgehead atoms. The van der Waals surface area contributed by atoms with Crippen LogP contribution in [0.2, 0.25) is 5.02 Å². The van der Waals surface area contributed by atoms with E-state index in [1.165, 1.54) is 0 Å². The van der Waals surface area contributed by atoms with Crippen LogP contribution in [0.15, 0.2) is 28.7 Å². The average molecular weight is 408 g/mol. The van der Waals surface area contributed by atoms with Crippen LogP contribution in [-0.2, 0) is 9.84 Å². The van der Waals surface area contributed by atoms with Gasteiger partial charge in [-0.2, -0.15) is 5.10 Å². The van der Waals surface area contributed by atoms with Crippen molar-refractivity contribution in [2.75, 3.05) is 16.8 Å². The zero-order valence-corrected chi connectivity index (χ0v) is 16.4. The first kappa shape index (κ1) is 18.1. The largest absolute Gasteiger partial charge is 0.449 e. The number of hydrogen-bond acceptors (Lipinski definition) is 5. The number of anilines is 1. The quantitative estimate of drug-likeness (QED) is 0.716. The number of fused-ring (bicyclic) bond motifs is 1. The van der Waals surface area contributed by atoms with Crippen molar-refractivity contribution < 1.29 is 17.6 Å². The third kappa shape index (κ3) is 3.23. The zero-order valence-electron chi connectivity index (χ0n) is 14.8. The molecule has 0 saturated carbocycles. The normalized spacial score (nSPS) is 18.9. The van der Waals surface area contributed by atoms with Gasteiger partial charge >= 0.3 is 0 Å². The number of para-hydroxylation sites is 1. The van der Waals surface area contributed by atoms with Crippen molar-refractivity contribution in [1.29, 1.82) is 0 Å². The fraction of sp³-hybridized carbons (Fsp3) is 0.333. The number of amides is 1. The Morgan fingerprint density at radius 3 is 2.81 bits per heavy atom. The molecule has 4 rings (SSSR count). The van der Waals surface area contributed by atoms with E-state index in [1.54, 1.807) is 36.7 Å². The molecule has 9 heteroatoms. The van der Waals surface area contributed by atoms with E-state index in [4.69, 9.17) is 16.0 Å². The number of aryl methyl sites for hydroxylation is 2. The second-order valence-electron chi connectivity index (χ2n) is 6.80. The summed E-state index contributed by atoms with van der Waals surface area (Å²) >= 11 is 6.15. The minimum absolute atomic E-state index is 0.0241. The van der Waals surface area contributed by atoms with E-state index in [0.717, 1.165) is 5.39 Å². The Labute approximate surface area is 161 Å². The third-order valence-electron chi connectivity index (χ3n) is 4.78. The number of aromatic nitrogens is 2. The summed E-state index contributed by atoms with van der Waals surface area (Å²) in [4.78, 5) is 12.8. The molecule has 1 unspecified atom stereocenters. The van der Waals surface area contributed by atoms with Crippen LogP contribution in [0.5, 0.6) is 0 Å². The van der Waals surface area contributed by atoms with Gasteiger partial charge in [-0.1, -0.05) is 23.7 Å². The Balaban J connectivity index is 1.67. The Hall–Kier alpha value is -2.32. The van der Waals surface area contributed by atoms with Crippen LogP contribution in [0.3, 0.4) is 0 Å². The molecule has 1 N–H and O–H groups in total. The molecule has 1 aliphatic rings. The Bertz CT molecular complexity index is 1160. The minimum Gasteiger partial charge on any atom is -0.449 e. The summed E-state index contributed by atoms with van der Waals surface area (Å²) in [5, 5.41) is 8.39. The van der Waals surface area contributed by atoms with Crippen molar-refractivity contribution in [3.05, 3.63) is 46.3 Å². The topological polar surface area (TPSA) is 94.2 Å². The monoisotopic (exact) mass is 407 g/mol. The first-order chi connectivity index (χ1) is 12.7. The van der Waals surface area contributed by atoms with Gasteiger partial charge in [0.05, 0.1) is 28.3 Å². The van der Waals surface area contributed by atoms with Gasteiger partial charge in [0.15, 0.2) is 21.2 Å². The smallest absolute Gasteiger partial charge is 0.292 e. The molecule has 0 radical (unpaired) electrons. The fourth-order valence-electron chi connectivity index (χ4n) is 3.46. The lowest BCUT2D eigenvalue weighted by atomic mass is 10.1. The van der Waals surface area contributed by atoms with E-state index in [-0.39, 0.29) is 23.3 Å². The second kappa shape index (κ2) is 6.38. The number of sulfone groups is 1. The number of furan rings is 1. The molecule has 142 valence electrons. The number of carbonyl (C=O) groups excluding carboxylic acids is 1. The predicted octanol–water partition coefficient (Wildman–Crippen LogP) is 3.51. The number of benzene rings is 1. The third-order valence-corrected chi connectivity index (χ3v) is 6.82. The van der Waals surface area contributed by atoms with Gasteiger partial charge in [-0.3, -0.25) is 4.79 Å². The summed E-state index contributed by atoms with van der Waals surface area (Å²) in [7, 11) is -3.07. The van der Waals surface area contributed by atoms with Crippen LogP contribution in [0, 0.1) is 13.8 Å². The van der Waals surface area contributed by atoms with Crippen molar-refractivity contribution in [1.82, 2.24) is 9.78 Å². The summed E-state index contributed by atoms with van der Waals surface area (Å²) in [5.74, 6) is 0.344. The van der Waals surface area contributed by atoms with E-state index in [0.29, 0.717) is 34.1 Å². The van der Waals surface area contributed by atoms with Crippen LogP contribution in [-0.4, -0.2) is 35.6 Å². The van der Waals surface area contributed by atoms with Crippen LogP contribution in [0.4, 0.5) is 5.82 Å². The molecule has 7 nitrogen and oxygen atoms in total. The van der Waals surface area contributed by atoms with Gasteiger partial charge in [0.1, 0.15) is 5.82 Å². The molecular formula is C18H18ClN3O4S. The average Bonchev–Trinajstić information content (AvgIpc) is 3.24. The first-order valence-corrected chi connectivity index (χ1v) is 10.7. The van der Waals surface area contributed by atoms with Crippen molar-refractivity contribution in [3.63, 3.8) is 0 Å². The minimum atomic E-state index is -3.07. The van der Waals surface area contributed by atoms with E-state index in [2.05, 4.69) is 10.4 Å². The van der Waals surface area contributed by atoms with E-state index >= 15 is 0 Å². The highest BCUT2D eigenvalue weighted by Crippen LogP contribution is 2.32. The van der Waals surface area contributed by atoms with Crippen molar-refractivity contribution in [2.24, 2.45) is 0 Å². The van der Waals surface area contributed by atoms with Crippen molar-refractivity contribution in [2.45, 2.75) is 26.3 Å². The molecular weight excluding hydrogens is 390 g/mol. The molecule has 1 aromatic carbocycles. The van der Waals surface area contributed by atoms with E-state index in [9.17, 15) is 13.2 Å². The molecule has 27 heavy (non-hydrogen) atoms.